The molecule has 2 aromatic rings. The van der Waals surface area contributed by atoms with Crippen LogP contribution >= 0.6 is 24.0 Å². The van der Waals surface area contributed by atoms with Crippen molar-refractivity contribution in [2.75, 3.05) is 19.6 Å². The van der Waals surface area contributed by atoms with Gasteiger partial charge in [-0.05, 0) is 55.4 Å². The van der Waals surface area contributed by atoms with E-state index in [0.717, 1.165) is 50.4 Å². The second kappa shape index (κ2) is 11.7. The summed E-state index contributed by atoms with van der Waals surface area (Å²) >= 11 is 0. The first kappa shape index (κ1) is 24.6. The maximum Gasteiger partial charge on any atom is 0.238 e. The Morgan fingerprint density at radius 1 is 1.10 bits per heavy atom. The van der Waals surface area contributed by atoms with Crippen molar-refractivity contribution in [3.8, 4) is 0 Å². The summed E-state index contributed by atoms with van der Waals surface area (Å²) in [6, 6.07) is 17.3. The molecule has 0 bridgehead atoms. The number of piperidine rings is 1. The number of halogens is 1. The molecule has 0 atom stereocenters. The molecule has 164 valence electrons. The predicted molar refractivity (Wildman–Crippen MR) is 132 cm³/mol. The second-order valence-corrected chi connectivity index (χ2v) is 9.04. The van der Waals surface area contributed by atoms with Crippen LogP contribution in [0.4, 0.5) is 0 Å². The third kappa shape index (κ3) is 7.24. The fraction of sp³-hybridized carbons (Fsp3) is 0.409. The van der Waals surface area contributed by atoms with Crippen molar-refractivity contribution in [3.05, 3.63) is 65.7 Å². The van der Waals surface area contributed by atoms with Gasteiger partial charge in [-0.15, -0.1) is 24.0 Å². The first-order chi connectivity index (χ1) is 14.0. The Morgan fingerprint density at radius 3 is 2.40 bits per heavy atom. The molecular weight excluding hydrogens is 511 g/mol. The summed E-state index contributed by atoms with van der Waals surface area (Å²) in [5.41, 5.74) is 2.23. The van der Waals surface area contributed by atoms with Crippen LogP contribution in [0.1, 0.15) is 30.9 Å². The van der Waals surface area contributed by atoms with E-state index < -0.39 is 10.0 Å². The van der Waals surface area contributed by atoms with E-state index in [1.54, 1.807) is 12.1 Å². The zero-order chi connectivity index (χ0) is 20.7. The Labute approximate surface area is 197 Å². The summed E-state index contributed by atoms with van der Waals surface area (Å²) in [4.78, 5) is 7.16. The summed E-state index contributed by atoms with van der Waals surface area (Å²) in [5, 5.41) is 8.60. The fourth-order valence-electron chi connectivity index (χ4n) is 3.71. The Balaban J connectivity index is 0.00000320. The Morgan fingerprint density at radius 2 is 1.77 bits per heavy atom. The topological polar surface area (TPSA) is 87.8 Å². The fourth-order valence-corrected chi connectivity index (χ4v) is 4.29. The van der Waals surface area contributed by atoms with E-state index in [1.807, 2.05) is 6.07 Å². The van der Waals surface area contributed by atoms with Crippen molar-refractivity contribution < 1.29 is 8.42 Å². The molecule has 0 saturated carbocycles. The Bertz CT molecular complexity index is 927. The molecule has 0 aliphatic carbocycles. The summed E-state index contributed by atoms with van der Waals surface area (Å²) in [7, 11) is -3.70. The average Bonchev–Trinajstić information content (AvgIpc) is 2.72. The van der Waals surface area contributed by atoms with E-state index in [0.29, 0.717) is 12.5 Å². The largest absolute Gasteiger partial charge is 0.357 e. The number of likely N-dealkylation sites (tertiary alicyclic amines) is 1. The number of nitrogens with two attached hydrogens (primary N) is 1. The highest BCUT2D eigenvalue weighted by atomic mass is 127. The minimum absolute atomic E-state index is 0. The van der Waals surface area contributed by atoms with Gasteiger partial charge < -0.3 is 10.2 Å². The molecular formula is C22H31IN4O2S. The van der Waals surface area contributed by atoms with E-state index in [1.165, 1.54) is 11.6 Å². The number of aliphatic imine (C=N–C) groups is 1. The summed E-state index contributed by atoms with van der Waals surface area (Å²) in [6.45, 7) is 5.20. The van der Waals surface area contributed by atoms with Gasteiger partial charge in [-0.25, -0.2) is 18.5 Å². The molecule has 8 heteroatoms. The van der Waals surface area contributed by atoms with E-state index >= 15 is 0 Å². The number of hydrogen-bond acceptors (Lipinski definition) is 3. The van der Waals surface area contributed by atoms with Crippen molar-refractivity contribution in [2.45, 2.75) is 37.6 Å². The molecule has 2 aromatic carbocycles. The lowest BCUT2D eigenvalue weighted by molar-refractivity contribution is 0.259. The van der Waals surface area contributed by atoms with Crippen molar-refractivity contribution in [3.63, 3.8) is 0 Å². The lowest BCUT2D eigenvalue weighted by Gasteiger charge is -2.34. The summed E-state index contributed by atoms with van der Waals surface area (Å²) in [5.74, 6) is 1.58. The molecule has 6 nitrogen and oxygen atoms in total. The SMILES string of the molecule is CCNC(=NCc1cccc(S(N)(=O)=O)c1)N1CCC(Cc2ccccc2)CC1.I. The van der Waals surface area contributed by atoms with Crippen molar-refractivity contribution in [1.29, 1.82) is 0 Å². The molecule has 0 aromatic heterocycles. The van der Waals surface area contributed by atoms with Crippen LogP contribution in [0, 0.1) is 5.92 Å². The number of rotatable bonds is 6. The highest BCUT2D eigenvalue weighted by Gasteiger charge is 2.21. The minimum Gasteiger partial charge on any atom is -0.357 e. The molecule has 30 heavy (non-hydrogen) atoms. The Kier molecular flexibility index (Phi) is 9.57. The summed E-state index contributed by atoms with van der Waals surface area (Å²) in [6.07, 6.45) is 3.41. The molecule has 1 aliphatic rings. The molecule has 0 spiro atoms. The van der Waals surface area contributed by atoms with Gasteiger partial charge in [0, 0.05) is 19.6 Å². The van der Waals surface area contributed by atoms with Gasteiger partial charge in [0.25, 0.3) is 0 Å². The maximum absolute atomic E-state index is 11.6. The number of guanidine groups is 1. The first-order valence-electron chi connectivity index (χ1n) is 10.1. The zero-order valence-electron chi connectivity index (χ0n) is 17.3. The van der Waals surface area contributed by atoms with Gasteiger partial charge in [-0.1, -0.05) is 42.5 Å². The molecule has 1 aliphatic heterocycles. The normalized spacial score (nSPS) is 15.5. The number of sulfonamides is 1. The number of primary sulfonamides is 1. The van der Waals surface area contributed by atoms with Crippen LogP contribution in [0.15, 0.2) is 64.5 Å². The molecule has 0 unspecified atom stereocenters. The van der Waals surface area contributed by atoms with E-state index in [4.69, 9.17) is 10.1 Å². The van der Waals surface area contributed by atoms with Gasteiger partial charge in [0.1, 0.15) is 0 Å². The highest BCUT2D eigenvalue weighted by molar-refractivity contribution is 14.0. The van der Waals surface area contributed by atoms with Gasteiger partial charge in [-0.2, -0.15) is 0 Å². The van der Waals surface area contributed by atoms with Crippen molar-refractivity contribution >= 4 is 40.0 Å². The highest BCUT2D eigenvalue weighted by Crippen LogP contribution is 2.22. The number of nitrogens with one attached hydrogen (secondary N) is 1. The third-order valence-corrected chi connectivity index (χ3v) is 6.17. The second-order valence-electron chi connectivity index (χ2n) is 7.48. The van der Waals surface area contributed by atoms with E-state index in [-0.39, 0.29) is 28.9 Å². The van der Waals surface area contributed by atoms with Gasteiger partial charge in [0.2, 0.25) is 10.0 Å². The number of nitrogens with zero attached hydrogens (tertiary/aromatic N) is 2. The van der Waals surface area contributed by atoms with Gasteiger partial charge >= 0.3 is 0 Å². The van der Waals surface area contributed by atoms with Gasteiger partial charge in [-0.3, -0.25) is 0 Å². The first-order valence-corrected chi connectivity index (χ1v) is 11.7. The molecule has 1 fully saturated rings. The van der Waals surface area contributed by atoms with E-state index in [2.05, 4.69) is 47.5 Å². The van der Waals surface area contributed by atoms with Gasteiger partial charge in [0.15, 0.2) is 5.96 Å². The zero-order valence-corrected chi connectivity index (χ0v) is 20.5. The lowest BCUT2D eigenvalue weighted by Crippen LogP contribution is -2.45. The van der Waals surface area contributed by atoms with Crippen molar-refractivity contribution in [1.82, 2.24) is 10.2 Å². The standard InChI is InChI=1S/C22H30N4O2S.HI/c1-2-24-22(25-17-20-9-6-10-21(16-20)29(23,27)28)26-13-11-19(12-14-26)15-18-7-4-3-5-8-18;/h3-10,16,19H,2,11-15,17H2,1H3,(H,24,25)(H2,23,27,28);1H. The van der Waals surface area contributed by atoms with Crippen LogP contribution < -0.4 is 10.5 Å². The molecule has 0 amide bonds. The van der Waals surface area contributed by atoms with Gasteiger partial charge in [0.05, 0.1) is 11.4 Å². The van der Waals surface area contributed by atoms with Crippen LogP contribution in [0.25, 0.3) is 0 Å². The van der Waals surface area contributed by atoms with E-state index in [9.17, 15) is 8.42 Å². The lowest BCUT2D eigenvalue weighted by atomic mass is 9.90. The quantitative estimate of drug-likeness (QED) is 0.333. The minimum atomic E-state index is -3.70. The number of hydrogen-bond donors (Lipinski definition) is 2. The van der Waals surface area contributed by atoms with Crippen LogP contribution in [-0.4, -0.2) is 38.9 Å². The Hall–Kier alpha value is -1.65. The van der Waals surface area contributed by atoms with Crippen LogP contribution in [-0.2, 0) is 23.0 Å². The van der Waals surface area contributed by atoms with Crippen LogP contribution in [0.2, 0.25) is 0 Å². The molecule has 0 radical (unpaired) electrons. The molecule has 3 N–H and O–H groups in total. The molecule has 1 saturated heterocycles. The molecule has 3 rings (SSSR count). The van der Waals surface area contributed by atoms with Crippen LogP contribution in [0.5, 0.6) is 0 Å². The predicted octanol–water partition coefficient (Wildman–Crippen LogP) is 3.37. The maximum atomic E-state index is 11.6. The average molecular weight is 542 g/mol. The monoisotopic (exact) mass is 542 g/mol. The third-order valence-electron chi connectivity index (χ3n) is 5.25. The molecule has 1 heterocycles. The smallest absolute Gasteiger partial charge is 0.238 e. The van der Waals surface area contributed by atoms with Crippen LogP contribution in [0.3, 0.4) is 0 Å². The summed E-state index contributed by atoms with van der Waals surface area (Å²) < 4.78 is 23.1. The number of benzene rings is 2. The van der Waals surface area contributed by atoms with Crippen molar-refractivity contribution in [2.24, 2.45) is 16.0 Å².